The highest BCUT2D eigenvalue weighted by Crippen LogP contribution is 2.27. The van der Waals surface area contributed by atoms with Crippen molar-refractivity contribution in [3.8, 4) is 17.1 Å². The number of hydrogen-bond donors (Lipinski definition) is 1. The second-order valence-electron chi connectivity index (χ2n) is 6.13. The number of nitrogens with zero attached hydrogens (tertiary/aromatic N) is 4. The standard InChI is InChI=1S/C19H20N4O2/c24-17-9-5-4-8-16(17)23-12-10-22(11-13-23)14-18-20-19(21-25-18)15-6-2-1-3-7-15/h1-9,24H,10-14H2. The largest absolute Gasteiger partial charge is 0.506 e. The SMILES string of the molecule is Oc1ccccc1N1CCN(Cc2nc(-c3ccccc3)no2)CC1. The molecule has 1 fully saturated rings. The highest BCUT2D eigenvalue weighted by atomic mass is 16.5. The zero-order valence-electron chi connectivity index (χ0n) is 13.9. The van der Waals surface area contributed by atoms with Gasteiger partial charge in [-0.3, -0.25) is 4.90 Å². The second kappa shape index (κ2) is 6.94. The van der Waals surface area contributed by atoms with E-state index in [1.165, 1.54) is 0 Å². The average Bonchev–Trinajstić information content (AvgIpc) is 3.12. The van der Waals surface area contributed by atoms with Gasteiger partial charge in [-0.1, -0.05) is 47.6 Å². The Morgan fingerprint density at radius 1 is 0.920 bits per heavy atom. The number of anilines is 1. The fourth-order valence-electron chi connectivity index (χ4n) is 3.09. The van der Waals surface area contributed by atoms with Crippen molar-refractivity contribution in [2.45, 2.75) is 6.54 Å². The van der Waals surface area contributed by atoms with Crippen LogP contribution in [0.5, 0.6) is 5.75 Å². The molecule has 0 saturated carbocycles. The predicted octanol–water partition coefficient (Wildman–Crippen LogP) is 2.76. The van der Waals surface area contributed by atoms with Crippen molar-refractivity contribution < 1.29 is 9.63 Å². The van der Waals surface area contributed by atoms with Crippen LogP contribution in [0.4, 0.5) is 5.69 Å². The summed E-state index contributed by atoms with van der Waals surface area (Å²) in [5.74, 6) is 1.60. The molecule has 1 aromatic heterocycles. The van der Waals surface area contributed by atoms with Gasteiger partial charge in [0.2, 0.25) is 11.7 Å². The van der Waals surface area contributed by atoms with E-state index in [0.29, 0.717) is 24.0 Å². The molecule has 4 rings (SSSR count). The predicted molar refractivity (Wildman–Crippen MR) is 95.3 cm³/mol. The van der Waals surface area contributed by atoms with Crippen LogP contribution in [0.3, 0.4) is 0 Å². The van der Waals surface area contributed by atoms with Gasteiger partial charge >= 0.3 is 0 Å². The Balaban J connectivity index is 1.36. The maximum atomic E-state index is 9.99. The zero-order chi connectivity index (χ0) is 17.1. The summed E-state index contributed by atoms with van der Waals surface area (Å²) in [6, 6.07) is 17.3. The lowest BCUT2D eigenvalue weighted by atomic mass is 10.2. The van der Waals surface area contributed by atoms with Gasteiger partial charge < -0.3 is 14.5 Å². The molecule has 1 aliphatic heterocycles. The first-order chi connectivity index (χ1) is 12.3. The van der Waals surface area contributed by atoms with Crippen molar-refractivity contribution in [2.24, 2.45) is 0 Å². The first kappa shape index (κ1) is 15.7. The van der Waals surface area contributed by atoms with Crippen molar-refractivity contribution in [1.82, 2.24) is 15.0 Å². The fourth-order valence-corrected chi connectivity index (χ4v) is 3.09. The van der Waals surface area contributed by atoms with Gasteiger partial charge in [-0.2, -0.15) is 4.98 Å². The molecule has 0 unspecified atom stereocenters. The van der Waals surface area contributed by atoms with E-state index in [4.69, 9.17) is 4.52 Å². The molecular formula is C19H20N4O2. The molecule has 0 amide bonds. The lowest BCUT2D eigenvalue weighted by Crippen LogP contribution is -2.46. The second-order valence-corrected chi connectivity index (χ2v) is 6.13. The summed E-state index contributed by atoms with van der Waals surface area (Å²) >= 11 is 0. The van der Waals surface area contributed by atoms with E-state index < -0.39 is 0 Å². The van der Waals surface area contributed by atoms with E-state index in [1.54, 1.807) is 6.07 Å². The van der Waals surface area contributed by atoms with Crippen molar-refractivity contribution in [3.05, 3.63) is 60.5 Å². The molecule has 3 aromatic rings. The Morgan fingerprint density at radius 2 is 1.64 bits per heavy atom. The molecule has 2 aromatic carbocycles. The molecule has 1 aliphatic rings. The number of rotatable bonds is 4. The smallest absolute Gasteiger partial charge is 0.241 e. The Kier molecular flexibility index (Phi) is 4.35. The quantitative estimate of drug-likeness (QED) is 0.790. The van der Waals surface area contributed by atoms with Gasteiger partial charge in [-0.15, -0.1) is 0 Å². The van der Waals surface area contributed by atoms with Gasteiger partial charge in [0.05, 0.1) is 12.2 Å². The van der Waals surface area contributed by atoms with Crippen LogP contribution in [0.1, 0.15) is 5.89 Å². The minimum Gasteiger partial charge on any atom is -0.506 e. The molecule has 25 heavy (non-hydrogen) atoms. The van der Waals surface area contributed by atoms with Gasteiger partial charge in [-0.25, -0.2) is 0 Å². The highest BCUT2D eigenvalue weighted by Gasteiger charge is 2.21. The monoisotopic (exact) mass is 336 g/mol. The third-order valence-corrected chi connectivity index (χ3v) is 4.45. The molecule has 6 nitrogen and oxygen atoms in total. The third kappa shape index (κ3) is 3.49. The lowest BCUT2D eigenvalue weighted by molar-refractivity contribution is 0.215. The van der Waals surface area contributed by atoms with Crippen LogP contribution in [0.2, 0.25) is 0 Å². The molecule has 0 bridgehead atoms. The molecular weight excluding hydrogens is 316 g/mol. The average molecular weight is 336 g/mol. The van der Waals surface area contributed by atoms with E-state index in [0.717, 1.165) is 37.4 Å². The molecule has 0 aliphatic carbocycles. The van der Waals surface area contributed by atoms with Crippen LogP contribution in [0, 0.1) is 0 Å². The number of para-hydroxylation sites is 2. The van der Waals surface area contributed by atoms with Crippen LogP contribution in [-0.4, -0.2) is 46.3 Å². The topological polar surface area (TPSA) is 65.6 Å². The lowest BCUT2D eigenvalue weighted by Gasteiger charge is -2.35. The summed E-state index contributed by atoms with van der Waals surface area (Å²) in [5.41, 5.74) is 1.85. The normalized spacial score (nSPS) is 15.4. The van der Waals surface area contributed by atoms with Crippen LogP contribution < -0.4 is 4.90 Å². The maximum Gasteiger partial charge on any atom is 0.241 e. The third-order valence-electron chi connectivity index (χ3n) is 4.45. The molecule has 0 radical (unpaired) electrons. The van der Waals surface area contributed by atoms with Gasteiger partial charge in [0.15, 0.2) is 0 Å². The molecule has 6 heteroatoms. The van der Waals surface area contributed by atoms with Crippen LogP contribution in [0.25, 0.3) is 11.4 Å². The highest BCUT2D eigenvalue weighted by molar-refractivity contribution is 5.57. The molecule has 0 spiro atoms. The number of hydrogen-bond acceptors (Lipinski definition) is 6. The van der Waals surface area contributed by atoms with Crippen LogP contribution in [0.15, 0.2) is 59.1 Å². The van der Waals surface area contributed by atoms with Crippen LogP contribution in [-0.2, 0) is 6.54 Å². The summed E-state index contributed by atoms with van der Waals surface area (Å²) in [6.07, 6.45) is 0. The molecule has 128 valence electrons. The Labute approximate surface area is 146 Å². The summed E-state index contributed by atoms with van der Waals surface area (Å²) in [6.45, 7) is 4.14. The number of benzene rings is 2. The van der Waals surface area contributed by atoms with Crippen molar-refractivity contribution in [2.75, 3.05) is 31.1 Å². The van der Waals surface area contributed by atoms with Gasteiger partial charge in [0.1, 0.15) is 5.75 Å². The molecule has 1 saturated heterocycles. The van der Waals surface area contributed by atoms with Crippen molar-refractivity contribution in [1.29, 1.82) is 0 Å². The van der Waals surface area contributed by atoms with Gasteiger partial charge in [-0.05, 0) is 12.1 Å². The number of aromatic hydroxyl groups is 1. The number of phenolic OH excluding ortho intramolecular Hbond substituents is 1. The Hall–Kier alpha value is -2.86. The summed E-state index contributed by atoms with van der Waals surface area (Å²) in [7, 11) is 0. The zero-order valence-corrected chi connectivity index (χ0v) is 13.9. The number of piperazine rings is 1. The minimum absolute atomic E-state index is 0.334. The Bertz CT molecular complexity index is 826. The number of aromatic nitrogens is 2. The first-order valence-corrected chi connectivity index (χ1v) is 8.43. The minimum atomic E-state index is 0.334. The summed E-state index contributed by atoms with van der Waals surface area (Å²) < 4.78 is 5.40. The van der Waals surface area contributed by atoms with Crippen molar-refractivity contribution in [3.63, 3.8) is 0 Å². The molecule has 1 N–H and O–H groups in total. The maximum absolute atomic E-state index is 9.99. The first-order valence-electron chi connectivity index (χ1n) is 8.43. The van der Waals surface area contributed by atoms with Crippen LogP contribution >= 0.6 is 0 Å². The fraction of sp³-hybridized carbons (Fsp3) is 0.263. The molecule has 2 heterocycles. The summed E-state index contributed by atoms with van der Waals surface area (Å²) in [4.78, 5) is 8.99. The molecule has 0 atom stereocenters. The van der Waals surface area contributed by atoms with Gasteiger partial charge in [0.25, 0.3) is 0 Å². The van der Waals surface area contributed by atoms with E-state index in [9.17, 15) is 5.11 Å². The summed E-state index contributed by atoms with van der Waals surface area (Å²) in [5, 5.41) is 14.1. The van der Waals surface area contributed by atoms with Gasteiger partial charge in [0, 0.05) is 31.7 Å². The Morgan fingerprint density at radius 3 is 2.40 bits per heavy atom. The van der Waals surface area contributed by atoms with E-state index in [1.807, 2.05) is 48.5 Å². The van der Waals surface area contributed by atoms with E-state index in [-0.39, 0.29) is 0 Å². The van der Waals surface area contributed by atoms with E-state index >= 15 is 0 Å². The number of phenols is 1. The van der Waals surface area contributed by atoms with Crippen molar-refractivity contribution >= 4 is 5.69 Å². The van der Waals surface area contributed by atoms with E-state index in [2.05, 4.69) is 19.9 Å².